The van der Waals surface area contributed by atoms with Crippen molar-refractivity contribution in [2.24, 2.45) is 0 Å². The normalized spacial score (nSPS) is 15.0. The molecule has 0 bridgehead atoms. The summed E-state index contributed by atoms with van der Waals surface area (Å²) in [6.07, 6.45) is 0. The number of nitrogens with zero attached hydrogens (tertiary/aromatic N) is 3. The van der Waals surface area contributed by atoms with Crippen molar-refractivity contribution >= 4 is 78.8 Å². The average molecular weight is 704 g/mol. The average Bonchev–Trinajstić information content (AvgIpc) is 3.56. The van der Waals surface area contributed by atoms with Crippen molar-refractivity contribution in [2.45, 2.75) is 26.2 Å². The Morgan fingerprint density at radius 2 is 1.27 bits per heavy atom. The first-order valence-corrected chi connectivity index (χ1v) is 19.3. The van der Waals surface area contributed by atoms with Crippen LogP contribution in [0, 0.1) is 6.92 Å². The van der Waals surface area contributed by atoms with E-state index < -0.39 is 0 Å². The van der Waals surface area contributed by atoms with Gasteiger partial charge in [-0.25, -0.2) is 0 Å². The van der Waals surface area contributed by atoms with Crippen molar-refractivity contribution < 1.29 is 4.74 Å². The lowest BCUT2D eigenvalue weighted by Crippen LogP contribution is -2.61. The third kappa shape index (κ3) is 3.55. The Kier molecular flexibility index (Phi) is 5.44. The number of aromatic nitrogens is 1. The number of aryl methyl sites for hydroxylation is 1. The van der Waals surface area contributed by atoms with Crippen LogP contribution in [0.2, 0.25) is 0 Å². The molecule has 0 radical (unpaired) electrons. The van der Waals surface area contributed by atoms with E-state index in [9.17, 15) is 0 Å². The van der Waals surface area contributed by atoms with Gasteiger partial charge in [0.25, 0.3) is 0 Å². The van der Waals surface area contributed by atoms with E-state index in [0.29, 0.717) is 0 Å². The van der Waals surface area contributed by atoms with Gasteiger partial charge in [0.05, 0.1) is 28.1 Å². The van der Waals surface area contributed by atoms with Crippen LogP contribution in [0.15, 0.2) is 152 Å². The Bertz CT molecular complexity index is 3150. The zero-order valence-electron chi connectivity index (χ0n) is 30.8. The molecule has 4 aliphatic rings. The largest absolute Gasteiger partial charge is 0.453 e. The number of hydrogen-bond acceptors (Lipinski definition) is 3. The molecule has 0 spiro atoms. The fourth-order valence-corrected chi connectivity index (χ4v) is 10.7. The second-order valence-corrected chi connectivity index (χ2v) is 16.2. The van der Waals surface area contributed by atoms with Crippen LogP contribution in [0.4, 0.5) is 28.4 Å². The molecule has 0 atom stereocenters. The summed E-state index contributed by atoms with van der Waals surface area (Å²) in [6, 6.07) is 56.2. The zero-order chi connectivity index (χ0) is 36.3. The Morgan fingerprint density at radius 1 is 0.582 bits per heavy atom. The Hall–Kier alpha value is -6.72. The highest BCUT2D eigenvalue weighted by molar-refractivity contribution is 6.94. The third-order valence-electron chi connectivity index (χ3n) is 12.9. The van der Waals surface area contributed by atoms with Crippen molar-refractivity contribution in [3.63, 3.8) is 0 Å². The number of anilines is 5. The second kappa shape index (κ2) is 10.1. The first kappa shape index (κ1) is 29.7. The molecule has 0 unspecified atom stereocenters. The number of benzene rings is 8. The Balaban J connectivity index is 1.30. The lowest BCUT2D eigenvalue weighted by atomic mass is 9.43. The molecule has 0 saturated heterocycles. The van der Waals surface area contributed by atoms with Crippen LogP contribution in [0.25, 0.3) is 49.4 Å². The molecule has 258 valence electrons. The van der Waals surface area contributed by atoms with Crippen LogP contribution < -0.4 is 25.4 Å². The Morgan fingerprint density at radius 3 is 2.05 bits per heavy atom. The fourth-order valence-electron chi connectivity index (χ4n) is 10.7. The van der Waals surface area contributed by atoms with Gasteiger partial charge < -0.3 is 19.0 Å². The molecule has 4 nitrogen and oxygen atoms in total. The molecule has 9 aromatic rings. The number of fused-ring (bicyclic) bond motifs is 8. The number of rotatable bonds is 2. The molecular formula is C50H34BN3O. The monoisotopic (exact) mass is 703 g/mol. The molecule has 55 heavy (non-hydrogen) atoms. The molecular weight excluding hydrogens is 669 g/mol. The van der Waals surface area contributed by atoms with E-state index in [4.69, 9.17) is 4.74 Å². The summed E-state index contributed by atoms with van der Waals surface area (Å²) in [4.78, 5) is 5.09. The van der Waals surface area contributed by atoms with Gasteiger partial charge >= 0.3 is 6.85 Å². The molecule has 0 fully saturated rings. The van der Waals surface area contributed by atoms with Crippen molar-refractivity contribution in [1.29, 1.82) is 0 Å². The summed E-state index contributed by atoms with van der Waals surface area (Å²) in [5.74, 6) is 1.71. The maximum Gasteiger partial charge on any atom is 0.333 e. The molecule has 1 aromatic heterocycles. The minimum atomic E-state index is -0.255. The third-order valence-corrected chi connectivity index (χ3v) is 12.9. The van der Waals surface area contributed by atoms with Crippen molar-refractivity contribution in [2.75, 3.05) is 9.71 Å². The van der Waals surface area contributed by atoms with Crippen LogP contribution in [0.1, 0.15) is 30.5 Å². The molecule has 0 N–H and O–H groups in total. The van der Waals surface area contributed by atoms with Crippen LogP contribution >= 0.6 is 0 Å². The van der Waals surface area contributed by atoms with Crippen LogP contribution in [0.5, 0.6) is 11.5 Å². The van der Waals surface area contributed by atoms with Gasteiger partial charge in [0.2, 0.25) is 0 Å². The molecule has 0 saturated carbocycles. The summed E-state index contributed by atoms with van der Waals surface area (Å²) in [5.41, 5.74) is 18.6. The van der Waals surface area contributed by atoms with Gasteiger partial charge in [-0.2, -0.15) is 0 Å². The van der Waals surface area contributed by atoms with Crippen LogP contribution in [-0.4, -0.2) is 11.4 Å². The first-order chi connectivity index (χ1) is 27.0. The van der Waals surface area contributed by atoms with Gasteiger partial charge in [0, 0.05) is 38.8 Å². The molecule has 5 heteroatoms. The molecule has 0 aliphatic carbocycles. The summed E-state index contributed by atoms with van der Waals surface area (Å²) in [5, 5.41) is 5.16. The SMILES string of the molecule is Cc1ccc(N2B3c4cccc5c4-n4c6c(c7ccccc7cc6c6c(N7c8ccccc8Oc8ccccc87)cc(c3c64)-c3ccccc32)C5(C)C)cc1. The predicted octanol–water partition coefficient (Wildman–Crippen LogP) is 11.7. The molecule has 4 aliphatic heterocycles. The lowest BCUT2D eigenvalue weighted by molar-refractivity contribution is 0.477. The van der Waals surface area contributed by atoms with E-state index in [-0.39, 0.29) is 12.3 Å². The van der Waals surface area contributed by atoms with Gasteiger partial charge in [0.1, 0.15) is 0 Å². The minimum Gasteiger partial charge on any atom is -0.453 e. The van der Waals surface area contributed by atoms with Crippen molar-refractivity contribution in [1.82, 2.24) is 4.57 Å². The van der Waals surface area contributed by atoms with E-state index in [1.807, 2.05) is 0 Å². The zero-order valence-corrected chi connectivity index (χ0v) is 30.8. The van der Waals surface area contributed by atoms with Gasteiger partial charge in [-0.15, -0.1) is 0 Å². The predicted molar refractivity (Wildman–Crippen MR) is 229 cm³/mol. The van der Waals surface area contributed by atoms with Gasteiger partial charge in [0.15, 0.2) is 11.5 Å². The maximum atomic E-state index is 6.61. The van der Waals surface area contributed by atoms with E-state index in [2.05, 4.69) is 187 Å². The smallest absolute Gasteiger partial charge is 0.333 e. The topological polar surface area (TPSA) is 20.6 Å². The van der Waals surface area contributed by atoms with E-state index in [0.717, 1.165) is 22.9 Å². The summed E-state index contributed by atoms with van der Waals surface area (Å²) >= 11 is 0. The van der Waals surface area contributed by atoms with Crippen molar-refractivity contribution in [3.8, 4) is 28.3 Å². The summed E-state index contributed by atoms with van der Waals surface area (Å²) in [7, 11) is 0. The number of hydrogen-bond donors (Lipinski definition) is 0. The molecule has 5 heterocycles. The lowest BCUT2D eigenvalue weighted by Gasteiger charge is -2.45. The van der Waals surface area contributed by atoms with E-state index in [1.54, 1.807) is 0 Å². The fraction of sp³-hybridized carbons (Fsp3) is 0.0800. The van der Waals surface area contributed by atoms with Crippen molar-refractivity contribution in [3.05, 3.63) is 168 Å². The molecule has 8 aromatic carbocycles. The van der Waals surface area contributed by atoms with E-state index in [1.165, 1.54) is 94.1 Å². The van der Waals surface area contributed by atoms with Crippen LogP contribution in [-0.2, 0) is 5.41 Å². The van der Waals surface area contributed by atoms with E-state index >= 15 is 0 Å². The van der Waals surface area contributed by atoms with Gasteiger partial charge in [-0.05, 0) is 99.9 Å². The summed E-state index contributed by atoms with van der Waals surface area (Å²) in [6.45, 7) is 7.02. The second-order valence-electron chi connectivity index (χ2n) is 16.2. The highest BCUT2D eigenvalue weighted by Crippen LogP contribution is 2.58. The Labute approximate surface area is 319 Å². The number of ether oxygens (including phenoxy) is 1. The minimum absolute atomic E-state index is 0.0352. The molecule has 13 rings (SSSR count). The highest BCUT2D eigenvalue weighted by atomic mass is 16.5. The van der Waals surface area contributed by atoms with Gasteiger partial charge in [-0.3, -0.25) is 0 Å². The summed E-state index contributed by atoms with van der Waals surface area (Å²) < 4.78 is 9.29. The standard InChI is InChI=1S/C50H34BN3O/c1-29-23-25-31(26-24-29)54-38-18-7-6-15-33(38)34-28-41(52-39-19-8-10-21-42(39)55-43-22-11-9-20-40(43)52)44-35-27-30-13-4-5-14-32(30)45-47(35)53-48-36(50(45,2)3)16-12-17-37(48)51(54)46(34)49(44)53/h4-28H,1-3H3. The quantitative estimate of drug-likeness (QED) is 0.167. The first-order valence-electron chi connectivity index (χ1n) is 19.3. The highest BCUT2D eigenvalue weighted by Gasteiger charge is 2.49. The number of para-hydroxylation sites is 6. The van der Waals surface area contributed by atoms with Gasteiger partial charge in [-0.1, -0.05) is 116 Å². The van der Waals surface area contributed by atoms with Crippen LogP contribution in [0.3, 0.4) is 0 Å². The maximum absolute atomic E-state index is 6.61. The molecule has 0 amide bonds.